The summed E-state index contributed by atoms with van der Waals surface area (Å²) in [6.07, 6.45) is 1.18. The summed E-state index contributed by atoms with van der Waals surface area (Å²) in [4.78, 5) is 6.68. The molecule has 86 valence electrons. The quantitative estimate of drug-likeness (QED) is 0.804. The molecule has 0 saturated carbocycles. The molecule has 3 nitrogen and oxygen atoms in total. The average molecular weight is 227 g/mol. The van der Waals surface area contributed by atoms with Crippen LogP contribution in [0.4, 0.5) is 0 Å². The molecule has 0 aliphatic heterocycles. The van der Waals surface area contributed by atoms with Crippen LogP contribution < -0.4 is 5.32 Å². The van der Waals surface area contributed by atoms with Crippen molar-refractivity contribution in [3.63, 3.8) is 0 Å². The van der Waals surface area contributed by atoms with Crippen molar-refractivity contribution in [3.8, 4) is 0 Å². The van der Waals surface area contributed by atoms with Gasteiger partial charge in [-0.1, -0.05) is 6.92 Å². The SMILES string of the molecule is CCC(CNCc1nc(C)cs1)N(C)C. The summed E-state index contributed by atoms with van der Waals surface area (Å²) in [6.45, 7) is 6.18. The van der Waals surface area contributed by atoms with Gasteiger partial charge in [0.2, 0.25) is 0 Å². The lowest BCUT2D eigenvalue weighted by molar-refractivity contribution is 0.276. The topological polar surface area (TPSA) is 28.2 Å². The van der Waals surface area contributed by atoms with E-state index in [0.717, 1.165) is 18.8 Å². The highest BCUT2D eigenvalue weighted by atomic mass is 32.1. The molecule has 0 saturated heterocycles. The highest BCUT2D eigenvalue weighted by molar-refractivity contribution is 7.09. The Bertz CT molecular complexity index is 283. The Morgan fingerprint density at radius 1 is 1.53 bits per heavy atom. The van der Waals surface area contributed by atoms with Gasteiger partial charge >= 0.3 is 0 Å². The molecule has 0 aliphatic carbocycles. The lowest BCUT2D eigenvalue weighted by Crippen LogP contribution is -2.37. The van der Waals surface area contributed by atoms with Gasteiger partial charge in [0.15, 0.2) is 0 Å². The Kier molecular flexibility index (Phi) is 5.22. The van der Waals surface area contributed by atoms with Crippen molar-refractivity contribution in [2.24, 2.45) is 0 Å². The third kappa shape index (κ3) is 4.28. The molecule has 4 heteroatoms. The van der Waals surface area contributed by atoms with Crippen molar-refractivity contribution in [1.82, 2.24) is 15.2 Å². The maximum Gasteiger partial charge on any atom is 0.107 e. The molecule has 0 spiro atoms. The predicted molar refractivity (Wildman–Crippen MR) is 66.3 cm³/mol. The Balaban J connectivity index is 2.26. The van der Waals surface area contributed by atoms with Crippen LogP contribution >= 0.6 is 11.3 Å². The van der Waals surface area contributed by atoms with Crippen LogP contribution in [-0.2, 0) is 6.54 Å². The molecule has 1 rings (SSSR count). The van der Waals surface area contributed by atoms with Crippen LogP contribution in [0, 0.1) is 6.92 Å². The highest BCUT2D eigenvalue weighted by Crippen LogP contribution is 2.08. The van der Waals surface area contributed by atoms with Gasteiger partial charge in [-0.3, -0.25) is 0 Å². The van der Waals surface area contributed by atoms with Crippen molar-refractivity contribution in [2.75, 3.05) is 20.6 Å². The Morgan fingerprint density at radius 3 is 2.73 bits per heavy atom. The second-order valence-corrected chi connectivity index (χ2v) is 4.98. The molecule has 1 unspecified atom stereocenters. The van der Waals surface area contributed by atoms with E-state index >= 15 is 0 Å². The molecule has 1 aromatic heterocycles. The van der Waals surface area contributed by atoms with Gasteiger partial charge in [0.05, 0.1) is 0 Å². The third-order valence-electron chi connectivity index (χ3n) is 2.52. The lowest BCUT2D eigenvalue weighted by Gasteiger charge is -2.22. The molecular weight excluding hydrogens is 206 g/mol. The fourth-order valence-electron chi connectivity index (χ4n) is 1.52. The van der Waals surface area contributed by atoms with Crippen LogP contribution in [0.15, 0.2) is 5.38 Å². The molecule has 1 heterocycles. The Labute approximate surface area is 96.5 Å². The van der Waals surface area contributed by atoms with Gasteiger partial charge in [-0.15, -0.1) is 11.3 Å². The van der Waals surface area contributed by atoms with Gasteiger partial charge in [0.25, 0.3) is 0 Å². The van der Waals surface area contributed by atoms with Crippen molar-refractivity contribution in [2.45, 2.75) is 32.9 Å². The summed E-state index contributed by atoms with van der Waals surface area (Å²) in [7, 11) is 4.26. The van der Waals surface area contributed by atoms with Crippen molar-refractivity contribution in [1.29, 1.82) is 0 Å². The minimum Gasteiger partial charge on any atom is -0.309 e. The zero-order valence-corrected chi connectivity index (χ0v) is 10.9. The van der Waals surface area contributed by atoms with E-state index in [2.05, 4.69) is 41.6 Å². The minimum atomic E-state index is 0.617. The standard InChI is InChI=1S/C11H21N3S/c1-5-10(14(3)4)6-12-7-11-13-9(2)8-15-11/h8,10,12H,5-7H2,1-4H3. The molecule has 0 aliphatic rings. The lowest BCUT2D eigenvalue weighted by atomic mass is 10.2. The molecule has 1 atom stereocenters. The number of likely N-dealkylation sites (N-methyl/N-ethyl adjacent to an activating group) is 1. The number of thiazole rings is 1. The van der Waals surface area contributed by atoms with E-state index in [1.54, 1.807) is 11.3 Å². The number of aryl methyl sites for hydroxylation is 1. The highest BCUT2D eigenvalue weighted by Gasteiger charge is 2.07. The first-order chi connectivity index (χ1) is 7.13. The van der Waals surface area contributed by atoms with Gasteiger partial charge in [-0.25, -0.2) is 4.98 Å². The molecule has 0 aromatic carbocycles. The monoisotopic (exact) mass is 227 g/mol. The summed E-state index contributed by atoms with van der Waals surface area (Å²) in [6, 6.07) is 0.617. The molecule has 15 heavy (non-hydrogen) atoms. The Hall–Kier alpha value is -0.450. The number of hydrogen-bond acceptors (Lipinski definition) is 4. The molecular formula is C11H21N3S. The second kappa shape index (κ2) is 6.20. The van der Waals surface area contributed by atoms with E-state index in [9.17, 15) is 0 Å². The zero-order valence-electron chi connectivity index (χ0n) is 10.1. The number of nitrogens with one attached hydrogen (secondary N) is 1. The minimum absolute atomic E-state index is 0.617. The molecule has 0 radical (unpaired) electrons. The van der Waals surface area contributed by atoms with Crippen molar-refractivity contribution < 1.29 is 0 Å². The first-order valence-electron chi connectivity index (χ1n) is 5.41. The summed E-state index contributed by atoms with van der Waals surface area (Å²) in [5, 5.41) is 6.73. The molecule has 0 bridgehead atoms. The number of hydrogen-bond donors (Lipinski definition) is 1. The van der Waals surface area contributed by atoms with Crippen molar-refractivity contribution >= 4 is 11.3 Å². The largest absolute Gasteiger partial charge is 0.309 e. The summed E-state index contributed by atoms with van der Waals surface area (Å²) in [5.41, 5.74) is 1.12. The second-order valence-electron chi connectivity index (χ2n) is 4.04. The van der Waals surface area contributed by atoms with E-state index in [4.69, 9.17) is 0 Å². The van der Waals surface area contributed by atoms with Crippen LogP contribution in [-0.4, -0.2) is 36.6 Å². The normalized spacial score (nSPS) is 13.4. The fraction of sp³-hybridized carbons (Fsp3) is 0.727. The average Bonchev–Trinajstić information content (AvgIpc) is 2.58. The van der Waals surface area contributed by atoms with Gasteiger partial charge in [-0.2, -0.15) is 0 Å². The number of rotatable bonds is 6. The summed E-state index contributed by atoms with van der Waals surface area (Å²) >= 11 is 1.73. The van der Waals surface area contributed by atoms with Crippen molar-refractivity contribution in [3.05, 3.63) is 16.1 Å². The van der Waals surface area contributed by atoms with Gasteiger partial charge < -0.3 is 10.2 Å². The van der Waals surface area contributed by atoms with E-state index in [1.807, 2.05) is 6.92 Å². The fourth-order valence-corrected chi connectivity index (χ4v) is 2.26. The predicted octanol–water partition coefficient (Wildman–Crippen LogP) is 1.88. The molecule has 1 aromatic rings. The van der Waals surface area contributed by atoms with Gasteiger partial charge in [-0.05, 0) is 27.4 Å². The van der Waals surface area contributed by atoms with E-state index in [1.165, 1.54) is 11.4 Å². The molecule has 1 N–H and O–H groups in total. The van der Waals surface area contributed by atoms with E-state index < -0.39 is 0 Å². The first-order valence-corrected chi connectivity index (χ1v) is 6.29. The van der Waals surface area contributed by atoms with E-state index in [0.29, 0.717) is 6.04 Å². The summed E-state index contributed by atoms with van der Waals surface area (Å²) < 4.78 is 0. The summed E-state index contributed by atoms with van der Waals surface area (Å²) in [5.74, 6) is 0. The van der Waals surface area contributed by atoms with E-state index in [-0.39, 0.29) is 0 Å². The van der Waals surface area contributed by atoms with Crippen LogP contribution in [0.2, 0.25) is 0 Å². The number of nitrogens with zero attached hydrogens (tertiary/aromatic N) is 2. The zero-order chi connectivity index (χ0) is 11.3. The Morgan fingerprint density at radius 2 is 2.27 bits per heavy atom. The third-order valence-corrected chi connectivity index (χ3v) is 3.49. The van der Waals surface area contributed by atoms with Crippen LogP contribution in [0.25, 0.3) is 0 Å². The number of aromatic nitrogens is 1. The molecule has 0 fully saturated rings. The van der Waals surface area contributed by atoms with Gasteiger partial charge in [0.1, 0.15) is 5.01 Å². The van der Waals surface area contributed by atoms with Gasteiger partial charge in [0, 0.05) is 30.2 Å². The van der Waals surface area contributed by atoms with Crippen LogP contribution in [0.1, 0.15) is 24.0 Å². The maximum absolute atomic E-state index is 4.42. The molecule has 0 amide bonds. The maximum atomic E-state index is 4.42. The smallest absolute Gasteiger partial charge is 0.107 e. The van der Waals surface area contributed by atoms with Crippen LogP contribution in [0.3, 0.4) is 0 Å². The van der Waals surface area contributed by atoms with Crippen LogP contribution in [0.5, 0.6) is 0 Å². The first kappa shape index (κ1) is 12.6.